The summed E-state index contributed by atoms with van der Waals surface area (Å²) in [4.78, 5) is 8.33. The van der Waals surface area contributed by atoms with Gasteiger partial charge in [-0.25, -0.2) is 14.5 Å². The van der Waals surface area contributed by atoms with Gasteiger partial charge in [-0.2, -0.15) is 10.5 Å². The molecular weight excluding hydrogens is 340 g/mol. The van der Waals surface area contributed by atoms with Gasteiger partial charge in [0.15, 0.2) is 11.5 Å². The lowest BCUT2D eigenvalue weighted by atomic mass is 10.3. The van der Waals surface area contributed by atoms with Gasteiger partial charge in [-0.15, -0.1) is 16.9 Å². The second kappa shape index (κ2) is 6.55. The first kappa shape index (κ1) is 16.4. The van der Waals surface area contributed by atoms with Crippen molar-refractivity contribution < 1.29 is 4.74 Å². The van der Waals surface area contributed by atoms with Crippen LogP contribution < -0.4 is 15.8 Å². The van der Waals surface area contributed by atoms with Crippen LogP contribution in [-0.4, -0.2) is 32.9 Å². The molecule has 9 nitrogen and oxygen atoms in total. The van der Waals surface area contributed by atoms with E-state index in [-0.39, 0.29) is 28.4 Å². The number of nitrogens with two attached hydrogens (primary N) is 1. The van der Waals surface area contributed by atoms with Gasteiger partial charge in [0.2, 0.25) is 0 Å². The first-order valence-corrected chi connectivity index (χ1v) is 8.18. The minimum Gasteiger partial charge on any atom is -0.497 e. The SMILES string of the molecule is COc1ccnc(Nc2nn3c(SC)c(C#N)c(N)nc3c2C#N)c1. The largest absolute Gasteiger partial charge is 0.497 e. The predicted molar refractivity (Wildman–Crippen MR) is 92.7 cm³/mol. The summed E-state index contributed by atoms with van der Waals surface area (Å²) in [6.45, 7) is 0. The lowest BCUT2D eigenvalue weighted by Gasteiger charge is -2.05. The Morgan fingerprint density at radius 1 is 1.32 bits per heavy atom. The predicted octanol–water partition coefficient (Wildman–Crippen LogP) is 1.92. The molecule has 0 aliphatic carbocycles. The fourth-order valence-electron chi connectivity index (χ4n) is 2.25. The zero-order chi connectivity index (χ0) is 18.0. The Kier molecular flexibility index (Phi) is 4.29. The number of nitrogens with zero attached hydrogens (tertiary/aromatic N) is 6. The molecule has 0 radical (unpaired) electrons. The van der Waals surface area contributed by atoms with E-state index in [1.807, 2.05) is 6.07 Å². The Hall–Kier alpha value is -3.50. The van der Waals surface area contributed by atoms with Gasteiger partial charge in [0.1, 0.15) is 45.7 Å². The number of fused-ring (bicyclic) bond motifs is 1. The van der Waals surface area contributed by atoms with E-state index in [4.69, 9.17) is 10.5 Å². The van der Waals surface area contributed by atoms with Gasteiger partial charge >= 0.3 is 0 Å². The van der Waals surface area contributed by atoms with Crippen molar-refractivity contribution in [2.24, 2.45) is 0 Å². The van der Waals surface area contributed by atoms with Gasteiger partial charge < -0.3 is 15.8 Å². The molecule has 0 aliphatic heterocycles. The quantitative estimate of drug-likeness (QED) is 0.532. The third-order valence-electron chi connectivity index (χ3n) is 3.38. The molecule has 0 unspecified atom stereocenters. The van der Waals surface area contributed by atoms with Crippen LogP contribution in [-0.2, 0) is 0 Å². The molecule has 3 aromatic heterocycles. The van der Waals surface area contributed by atoms with Crippen molar-refractivity contribution in [3.63, 3.8) is 0 Å². The number of rotatable bonds is 4. The molecule has 0 atom stereocenters. The van der Waals surface area contributed by atoms with Crippen LogP contribution in [0.25, 0.3) is 5.65 Å². The Balaban J connectivity index is 2.19. The molecule has 0 aliphatic rings. The summed E-state index contributed by atoms with van der Waals surface area (Å²) in [5.41, 5.74) is 6.55. The fourth-order valence-corrected chi connectivity index (χ4v) is 2.91. The zero-order valence-electron chi connectivity index (χ0n) is 13.3. The van der Waals surface area contributed by atoms with Crippen LogP contribution >= 0.6 is 11.8 Å². The molecule has 0 bridgehead atoms. The van der Waals surface area contributed by atoms with Crippen molar-refractivity contribution in [3.8, 4) is 17.9 Å². The molecular formula is C15H12N8OS. The van der Waals surface area contributed by atoms with Crippen LogP contribution in [0.1, 0.15) is 11.1 Å². The maximum Gasteiger partial charge on any atom is 0.178 e. The van der Waals surface area contributed by atoms with Crippen molar-refractivity contribution in [2.45, 2.75) is 5.03 Å². The first-order valence-electron chi connectivity index (χ1n) is 6.96. The molecule has 0 fully saturated rings. The van der Waals surface area contributed by atoms with Crippen molar-refractivity contribution >= 4 is 34.9 Å². The number of nitriles is 2. The molecule has 124 valence electrons. The van der Waals surface area contributed by atoms with E-state index in [1.54, 1.807) is 31.7 Å². The Morgan fingerprint density at radius 2 is 2.08 bits per heavy atom. The summed E-state index contributed by atoms with van der Waals surface area (Å²) in [7, 11) is 1.55. The van der Waals surface area contributed by atoms with Crippen LogP contribution in [0.5, 0.6) is 5.75 Å². The second-order valence-electron chi connectivity index (χ2n) is 4.77. The van der Waals surface area contributed by atoms with Crippen molar-refractivity contribution in [1.82, 2.24) is 19.6 Å². The number of methoxy groups -OCH3 is 1. The van der Waals surface area contributed by atoms with Crippen LogP contribution in [0.15, 0.2) is 23.4 Å². The van der Waals surface area contributed by atoms with Gasteiger partial charge in [-0.1, -0.05) is 0 Å². The van der Waals surface area contributed by atoms with E-state index in [1.165, 1.54) is 16.3 Å². The van der Waals surface area contributed by atoms with Gasteiger partial charge in [0, 0.05) is 12.3 Å². The Morgan fingerprint density at radius 3 is 2.72 bits per heavy atom. The van der Waals surface area contributed by atoms with Crippen LogP contribution in [0.2, 0.25) is 0 Å². The van der Waals surface area contributed by atoms with Gasteiger partial charge in [-0.05, 0) is 12.3 Å². The smallest absolute Gasteiger partial charge is 0.178 e. The molecule has 3 heterocycles. The van der Waals surface area contributed by atoms with Crippen molar-refractivity contribution in [2.75, 3.05) is 24.4 Å². The molecule has 0 amide bonds. The molecule has 0 spiro atoms. The fraction of sp³-hybridized carbons (Fsp3) is 0.133. The maximum atomic E-state index is 9.52. The topological polar surface area (TPSA) is 138 Å². The second-order valence-corrected chi connectivity index (χ2v) is 5.56. The molecule has 3 aromatic rings. The first-order chi connectivity index (χ1) is 12.1. The van der Waals surface area contributed by atoms with Gasteiger partial charge in [-0.3, -0.25) is 0 Å². The maximum absolute atomic E-state index is 9.52. The van der Waals surface area contributed by atoms with Crippen LogP contribution in [0.4, 0.5) is 17.5 Å². The number of hydrogen-bond donors (Lipinski definition) is 2. The summed E-state index contributed by atoms with van der Waals surface area (Å²) < 4.78 is 6.58. The highest BCUT2D eigenvalue weighted by Crippen LogP contribution is 2.30. The Bertz CT molecular complexity index is 1050. The number of thioether (sulfide) groups is 1. The molecule has 0 aromatic carbocycles. The average molecular weight is 352 g/mol. The lowest BCUT2D eigenvalue weighted by Crippen LogP contribution is -2.04. The number of ether oxygens (including phenoxy) is 1. The average Bonchev–Trinajstić information content (AvgIpc) is 2.97. The molecule has 0 saturated heterocycles. The van der Waals surface area contributed by atoms with Crippen molar-refractivity contribution in [3.05, 3.63) is 29.5 Å². The van der Waals surface area contributed by atoms with Gasteiger partial charge in [0.25, 0.3) is 0 Å². The number of nitrogens with one attached hydrogen (secondary N) is 1. The summed E-state index contributed by atoms with van der Waals surface area (Å²) in [6, 6.07) is 7.46. The van der Waals surface area contributed by atoms with E-state index in [0.29, 0.717) is 16.6 Å². The number of aromatic nitrogens is 4. The van der Waals surface area contributed by atoms with E-state index in [9.17, 15) is 10.5 Å². The third kappa shape index (κ3) is 2.75. The molecule has 3 rings (SSSR count). The minimum atomic E-state index is 0.0572. The zero-order valence-corrected chi connectivity index (χ0v) is 14.1. The summed E-state index contributed by atoms with van der Waals surface area (Å²) in [5.74, 6) is 1.39. The highest BCUT2D eigenvalue weighted by atomic mass is 32.2. The molecule has 3 N–H and O–H groups in total. The third-order valence-corrected chi connectivity index (χ3v) is 4.14. The number of pyridine rings is 1. The highest BCUT2D eigenvalue weighted by molar-refractivity contribution is 7.98. The van der Waals surface area contributed by atoms with E-state index >= 15 is 0 Å². The van der Waals surface area contributed by atoms with E-state index in [0.717, 1.165) is 0 Å². The normalized spacial score (nSPS) is 10.2. The minimum absolute atomic E-state index is 0.0572. The molecule has 10 heteroatoms. The molecule has 25 heavy (non-hydrogen) atoms. The summed E-state index contributed by atoms with van der Waals surface area (Å²) in [6.07, 6.45) is 3.36. The van der Waals surface area contributed by atoms with Crippen molar-refractivity contribution in [1.29, 1.82) is 10.5 Å². The molecule has 0 saturated carbocycles. The van der Waals surface area contributed by atoms with E-state index < -0.39 is 0 Å². The Labute approximate surface area is 147 Å². The van der Waals surface area contributed by atoms with Gasteiger partial charge in [0.05, 0.1) is 7.11 Å². The van der Waals surface area contributed by atoms with Crippen LogP contribution in [0.3, 0.4) is 0 Å². The van der Waals surface area contributed by atoms with E-state index in [2.05, 4.69) is 26.5 Å². The monoisotopic (exact) mass is 352 g/mol. The summed E-state index contributed by atoms with van der Waals surface area (Å²) >= 11 is 1.29. The summed E-state index contributed by atoms with van der Waals surface area (Å²) in [5, 5.41) is 26.7. The van der Waals surface area contributed by atoms with Crippen LogP contribution in [0, 0.1) is 22.7 Å². The lowest BCUT2D eigenvalue weighted by molar-refractivity contribution is 0.414. The number of nitrogen functional groups attached to an aromatic ring is 1. The number of hydrogen-bond acceptors (Lipinski definition) is 9. The standard InChI is InChI=1S/C15H12N8OS/c1-24-8-3-4-19-11(5-8)20-13-10(7-17)14-21-12(18)9(6-16)15(25-2)23(14)22-13/h3-5H,1-2H3,(H2,18,21)(H,19,20,22). The number of anilines is 3. The highest BCUT2D eigenvalue weighted by Gasteiger charge is 2.21.